The Labute approximate surface area is 211 Å². The fourth-order valence-electron chi connectivity index (χ4n) is 5.16. The van der Waals surface area contributed by atoms with Gasteiger partial charge in [-0.3, -0.25) is 9.59 Å². The second-order valence-electron chi connectivity index (χ2n) is 8.25. The van der Waals surface area contributed by atoms with Crippen LogP contribution < -0.4 is 15.3 Å². The van der Waals surface area contributed by atoms with Crippen LogP contribution in [0.15, 0.2) is 35.8 Å². The molecule has 0 fully saturated rings. The van der Waals surface area contributed by atoms with Gasteiger partial charge in [-0.05, 0) is 54.5 Å². The van der Waals surface area contributed by atoms with Crippen LogP contribution in [0.3, 0.4) is 0 Å². The summed E-state index contributed by atoms with van der Waals surface area (Å²) in [7, 11) is 1.83. The van der Waals surface area contributed by atoms with Crippen LogP contribution in [0, 0.1) is 0 Å². The molecule has 8 heteroatoms. The number of carbonyl (C=O) groups is 2. The van der Waals surface area contributed by atoms with Gasteiger partial charge < -0.3 is 19.6 Å². The molecule has 2 radical (unpaired) electrons. The fourth-order valence-corrected chi connectivity index (χ4v) is 5.16. The van der Waals surface area contributed by atoms with Gasteiger partial charge in [0.1, 0.15) is 5.69 Å². The van der Waals surface area contributed by atoms with Gasteiger partial charge in [0.05, 0.1) is 0 Å². The van der Waals surface area contributed by atoms with Crippen molar-refractivity contribution in [1.29, 1.82) is 0 Å². The van der Waals surface area contributed by atoms with Crippen LogP contribution in [0.1, 0.15) is 34.1 Å². The first-order chi connectivity index (χ1) is 15.0. The first-order valence-corrected chi connectivity index (χ1v) is 10.4. The van der Waals surface area contributed by atoms with Crippen LogP contribution in [-0.2, 0) is 55.1 Å². The van der Waals surface area contributed by atoms with Crippen molar-refractivity contribution in [2.75, 3.05) is 22.9 Å². The Kier molecular flexibility index (Phi) is 5.22. The Morgan fingerprint density at radius 3 is 2.53 bits per heavy atom. The number of carbonyl (C=O) groups excluding carboxylic acids is 3. The van der Waals surface area contributed by atoms with Gasteiger partial charge in [-0.15, -0.1) is 5.56 Å². The van der Waals surface area contributed by atoms with E-state index in [-0.39, 0.29) is 44.5 Å². The SMILES string of the molecule is CC(=O)N1CCc2c1ccc1[nH]c(C(=O)N3CCc4c3ccc3c4C=C([C-]=O)[B]3)cc21.[Y]. The van der Waals surface area contributed by atoms with Crippen molar-refractivity contribution in [3.63, 3.8) is 0 Å². The standard InChI is InChI=1S/C24H18BN3O3.Y/c1-13(30)27-8-6-16-18-11-21(26-20(18)3-5-22(16)27)24(31)28-9-7-15-17-10-14(12-29)25-19(17)2-4-23(15)28;/h2-5,10-11,26H,6-9H2,1H3;/q-1;. The number of anilines is 2. The predicted octanol–water partition coefficient (Wildman–Crippen LogP) is 2.07. The van der Waals surface area contributed by atoms with E-state index in [1.807, 2.05) is 50.0 Å². The van der Waals surface area contributed by atoms with Crippen LogP contribution in [0.2, 0.25) is 0 Å². The molecular formula is C24H18BN3O3Y-. The minimum atomic E-state index is -0.0711. The molecule has 0 unspecified atom stereocenters. The number of rotatable bonds is 2. The van der Waals surface area contributed by atoms with Crippen LogP contribution in [0.4, 0.5) is 11.4 Å². The first-order valence-electron chi connectivity index (χ1n) is 10.4. The zero-order valence-corrected chi connectivity index (χ0v) is 20.4. The predicted molar refractivity (Wildman–Crippen MR) is 121 cm³/mol. The van der Waals surface area contributed by atoms with E-state index in [9.17, 15) is 14.4 Å². The van der Waals surface area contributed by atoms with E-state index < -0.39 is 0 Å². The molecule has 3 aliphatic heterocycles. The molecule has 0 atom stereocenters. The van der Waals surface area contributed by atoms with Crippen LogP contribution in [-0.4, -0.2) is 43.5 Å². The second kappa shape index (κ2) is 7.82. The molecule has 154 valence electrons. The number of nitrogens with zero attached hydrogens (tertiary/aromatic N) is 2. The van der Waals surface area contributed by atoms with Gasteiger partial charge in [0.2, 0.25) is 5.91 Å². The average Bonchev–Trinajstić information content (AvgIpc) is 3.54. The quantitative estimate of drug-likeness (QED) is 0.437. The number of amides is 2. The molecule has 0 bridgehead atoms. The maximum atomic E-state index is 13.4. The fraction of sp³-hybridized carbons (Fsp3) is 0.208. The van der Waals surface area contributed by atoms with Gasteiger partial charge in [-0.2, -0.15) is 0 Å². The zero-order valence-electron chi connectivity index (χ0n) is 17.6. The summed E-state index contributed by atoms with van der Waals surface area (Å²) in [5.74, 6) is -0.0361. The number of benzene rings is 2. The number of H-pyrrole nitrogens is 1. The van der Waals surface area contributed by atoms with Gasteiger partial charge in [0, 0.05) is 75.0 Å². The van der Waals surface area contributed by atoms with E-state index in [1.54, 1.807) is 16.7 Å². The Morgan fingerprint density at radius 2 is 1.75 bits per heavy atom. The normalized spacial score (nSPS) is 15.6. The second-order valence-corrected chi connectivity index (χ2v) is 8.25. The number of fused-ring (bicyclic) bond motifs is 6. The smallest absolute Gasteiger partial charge is 0.274 e. The number of aromatic amines is 1. The number of hydrogen-bond acceptors (Lipinski definition) is 3. The summed E-state index contributed by atoms with van der Waals surface area (Å²) >= 11 is 0. The summed E-state index contributed by atoms with van der Waals surface area (Å²) in [6.07, 6.45) is 5.34. The largest absolute Gasteiger partial charge is 0.419 e. The van der Waals surface area contributed by atoms with Crippen molar-refractivity contribution in [3.05, 3.63) is 58.2 Å². The van der Waals surface area contributed by atoms with Crippen molar-refractivity contribution in [2.45, 2.75) is 19.8 Å². The third-order valence-electron chi connectivity index (χ3n) is 6.59. The Hall–Kier alpha value is -2.50. The number of aromatic nitrogens is 1. The molecule has 4 heterocycles. The zero-order chi connectivity index (χ0) is 21.3. The molecule has 6 nitrogen and oxygen atoms in total. The molecule has 0 saturated heterocycles. The van der Waals surface area contributed by atoms with Crippen molar-refractivity contribution >= 4 is 59.2 Å². The minimum Gasteiger partial charge on any atom is -0.419 e. The van der Waals surface area contributed by atoms with E-state index in [4.69, 9.17) is 0 Å². The molecule has 1 aromatic heterocycles. The van der Waals surface area contributed by atoms with E-state index in [0.717, 1.165) is 57.3 Å². The summed E-state index contributed by atoms with van der Waals surface area (Å²) in [4.78, 5) is 43.2. The monoisotopic (exact) mass is 496 g/mol. The summed E-state index contributed by atoms with van der Waals surface area (Å²) in [6.45, 7) is 2.85. The van der Waals surface area contributed by atoms with Gasteiger partial charge in [-0.1, -0.05) is 11.5 Å². The maximum absolute atomic E-state index is 13.4. The van der Waals surface area contributed by atoms with Gasteiger partial charge in [0.25, 0.3) is 5.91 Å². The van der Waals surface area contributed by atoms with Crippen molar-refractivity contribution in [3.8, 4) is 0 Å². The topological polar surface area (TPSA) is 73.5 Å². The molecule has 3 aromatic rings. The summed E-state index contributed by atoms with van der Waals surface area (Å²) in [5.41, 5.74) is 8.05. The summed E-state index contributed by atoms with van der Waals surface area (Å²) in [6, 6.07) is 9.72. The third kappa shape index (κ3) is 3.06. The maximum Gasteiger partial charge on any atom is 0.274 e. The van der Waals surface area contributed by atoms with E-state index in [1.165, 1.54) is 0 Å². The Morgan fingerprint density at radius 1 is 1.03 bits per heavy atom. The molecule has 32 heavy (non-hydrogen) atoms. The van der Waals surface area contributed by atoms with E-state index >= 15 is 0 Å². The Balaban J connectivity index is 0.00000216. The van der Waals surface area contributed by atoms with Gasteiger partial charge >= 0.3 is 0 Å². The van der Waals surface area contributed by atoms with Crippen LogP contribution >= 0.6 is 0 Å². The van der Waals surface area contributed by atoms with Crippen LogP contribution in [0.25, 0.3) is 17.0 Å². The molecule has 2 aromatic carbocycles. The molecule has 0 spiro atoms. The number of nitrogens with one attached hydrogen (secondary N) is 1. The van der Waals surface area contributed by atoms with E-state index in [0.29, 0.717) is 24.3 Å². The molecule has 3 aliphatic rings. The molecule has 0 aliphatic carbocycles. The molecule has 1 N–H and O–H groups in total. The molecular weight excluding hydrogens is 478 g/mol. The first kappa shape index (κ1) is 21.4. The summed E-state index contributed by atoms with van der Waals surface area (Å²) in [5, 5.41) is 1.00. The van der Waals surface area contributed by atoms with E-state index in [2.05, 4.69) is 4.98 Å². The average molecular weight is 496 g/mol. The number of hydrogen-bond donors (Lipinski definition) is 1. The third-order valence-corrected chi connectivity index (χ3v) is 6.59. The van der Waals surface area contributed by atoms with Crippen molar-refractivity contribution in [2.24, 2.45) is 0 Å². The van der Waals surface area contributed by atoms with Gasteiger partial charge in [-0.25, -0.2) is 11.5 Å². The molecule has 2 amide bonds. The molecule has 0 saturated carbocycles. The number of allylic oxidation sites excluding steroid dienone is 1. The van der Waals surface area contributed by atoms with Crippen LogP contribution in [0.5, 0.6) is 0 Å². The van der Waals surface area contributed by atoms with Crippen molar-refractivity contribution in [1.82, 2.24) is 4.98 Å². The van der Waals surface area contributed by atoms with Crippen molar-refractivity contribution < 1.29 is 47.1 Å². The Bertz CT molecular complexity index is 1360. The minimum absolute atomic E-state index is 0. The van der Waals surface area contributed by atoms with Gasteiger partial charge in [0.15, 0.2) is 7.28 Å². The summed E-state index contributed by atoms with van der Waals surface area (Å²) < 4.78 is 0. The molecule has 6 rings (SSSR count).